The van der Waals surface area contributed by atoms with Gasteiger partial charge in [-0.1, -0.05) is 78.8 Å². The summed E-state index contributed by atoms with van der Waals surface area (Å²) in [4.78, 5) is 41.4. The maximum absolute atomic E-state index is 13.9. The number of carbonyl (C=O) groups is 3. The van der Waals surface area contributed by atoms with Crippen LogP contribution in [0, 0.1) is 18.3 Å². The second kappa shape index (κ2) is 13.2. The van der Waals surface area contributed by atoms with Crippen LogP contribution in [-0.4, -0.2) is 61.5 Å². The second-order valence-corrected chi connectivity index (χ2v) is 11.8. The second-order valence-electron chi connectivity index (χ2n) is 11.8. The minimum absolute atomic E-state index is 0.0414. The normalized spacial score (nSPS) is 15.1. The molecule has 37 heavy (non-hydrogen) atoms. The van der Waals surface area contributed by atoms with Crippen molar-refractivity contribution in [2.24, 2.45) is 11.3 Å². The molecule has 0 radical (unpaired) electrons. The molecule has 7 heteroatoms. The fourth-order valence-electron chi connectivity index (χ4n) is 4.82. The highest BCUT2D eigenvalue weighted by Crippen LogP contribution is 2.31. The topological polar surface area (TPSA) is 87.7 Å². The summed E-state index contributed by atoms with van der Waals surface area (Å²) in [7, 11) is 3.49. The molecule has 0 aromatic heterocycles. The van der Waals surface area contributed by atoms with E-state index in [2.05, 4.69) is 10.6 Å². The van der Waals surface area contributed by atoms with Gasteiger partial charge in [-0.05, 0) is 50.3 Å². The van der Waals surface area contributed by atoms with Gasteiger partial charge in [0, 0.05) is 18.0 Å². The van der Waals surface area contributed by atoms with Crippen molar-refractivity contribution in [1.29, 1.82) is 0 Å². The Labute approximate surface area is 224 Å². The standard InChI is InChI=1S/C30H49N3O4/c1-13-37-28(36)21(5)18-23(19(2)3)33(12)27(35)25(29(6,7)8)32-26(34)24(31-11)30(9,10)22-17-15-14-16-20(22)4/h14-19,23-25,31H,13H2,1-12H3,(H,32,34)/t23-,24+,25-/m1/s1. The van der Waals surface area contributed by atoms with Crippen LogP contribution in [0.1, 0.15) is 73.4 Å². The van der Waals surface area contributed by atoms with E-state index in [0.717, 1.165) is 11.1 Å². The lowest BCUT2D eigenvalue weighted by Gasteiger charge is -2.40. The summed E-state index contributed by atoms with van der Waals surface area (Å²) in [5.74, 6) is -0.808. The summed E-state index contributed by atoms with van der Waals surface area (Å²) >= 11 is 0. The number of benzene rings is 1. The van der Waals surface area contributed by atoms with E-state index in [1.54, 1.807) is 38.9 Å². The molecule has 0 aliphatic carbocycles. The number of likely N-dealkylation sites (N-methyl/N-ethyl adjacent to an activating group) is 2. The van der Waals surface area contributed by atoms with E-state index in [4.69, 9.17) is 4.74 Å². The molecule has 2 N–H and O–H groups in total. The lowest BCUT2D eigenvalue weighted by atomic mass is 9.75. The average molecular weight is 516 g/mol. The van der Waals surface area contributed by atoms with Gasteiger partial charge in [0.05, 0.1) is 18.7 Å². The molecular formula is C30H49N3O4. The summed E-state index contributed by atoms with van der Waals surface area (Å²) in [6.45, 7) is 19.7. The van der Waals surface area contributed by atoms with Crippen LogP contribution in [0.25, 0.3) is 0 Å². The monoisotopic (exact) mass is 515 g/mol. The Balaban J connectivity index is 3.33. The number of esters is 1. The predicted octanol–water partition coefficient (Wildman–Crippen LogP) is 4.38. The van der Waals surface area contributed by atoms with Crippen molar-refractivity contribution in [3.8, 4) is 0 Å². The molecule has 1 aromatic carbocycles. The van der Waals surface area contributed by atoms with Crippen molar-refractivity contribution in [1.82, 2.24) is 15.5 Å². The van der Waals surface area contributed by atoms with Gasteiger partial charge in [0.2, 0.25) is 11.8 Å². The Morgan fingerprint density at radius 2 is 1.62 bits per heavy atom. The molecule has 0 aliphatic rings. The number of nitrogens with zero attached hydrogens (tertiary/aromatic N) is 1. The molecule has 0 fully saturated rings. The first-order valence-corrected chi connectivity index (χ1v) is 13.2. The van der Waals surface area contributed by atoms with E-state index in [-0.39, 0.29) is 30.4 Å². The Morgan fingerprint density at radius 1 is 1.05 bits per heavy atom. The van der Waals surface area contributed by atoms with E-state index >= 15 is 0 Å². The van der Waals surface area contributed by atoms with Crippen LogP contribution in [0.15, 0.2) is 35.9 Å². The Hall–Kier alpha value is -2.67. The van der Waals surface area contributed by atoms with Crippen molar-refractivity contribution >= 4 is 17.8 Å². The minimum Gasteiger partial charge on any atom is -0.463 e. The van der Waals surface area contributed by atoms with E-state index < -0.39 is 28.9 Å². The zero-order valence-corrected chi connectivity index (χ0v) is 25.0. The highest BCUT2D eigenvalue weighted by atomic mass is 16.5. The molecule has 1 aromatic rings. The molecule has 0 unspecified atom stereocenters. The van der Waals surface area contributed by atoms with Crippen LogP contribution in [0.3, 0.4) is 0 Å². The van der Waals surface area contributed by atoms with Crippen molar-refractivity contribution < 1.29 is 19.1 Å². The Morgan fingerprint density at radius 3 is 2.08 bits per heavy atom. The van der Waals surface area contributed by atoms with Crippen LogP contribution >= 0.6 is 0 Å². The summed E-state index contributed by atoms with van der Waals surface area (Å²) in [5, 5.41) is 6.26. The zero-order chi connectivity index (χ0) is 28.7. The first-order chi connectivity index (χ1) is 17.0. The van der Waals surface area contributed by atoms with Gasteiger partial charge in [0.25, 0.3) is 0 Å². The van der Waals surface area contributed by atoms with Crippen molar-refractivity contribution in [2.75, 3.05) is 20.7 Å². The van der Waals surface area contributed by atoms with Crippen molar-refractivity contribution in [2.45, 2.75) is 92.8 Å². The van der Waals surface area contributed by atoms with Crippen LogP contribution in [0.5, 0.6) is 0 Å². The van der Waals surface area contributed by atoms with Gasteiger partial charge >= 0.3 is 5.97 Å². The van der Waals surface area contributed by atoms with E-state index in [0.29, 0.717) is 5.57 Å². The van der Waals surface area contributed by atoms with Crippen molar-refractivity contribution in [3.05, 3.63) is 47.0 Å². The molecule has 208 valence electrons. The number of hydrogen-bond donors (Lipinski definition) is 2. The van der Waals surface area contributed by atoms with Gasteiger partial charge in [-0.25, -0.2) is 4.79 Å². The largest absolute Gasteiger partial charge is 0.463 e. The van der Waals surface area contributed by atoms with E-state index in [1.165, 1.54) is 0 Å². The molecule has 0 heterocycles. The van der Waals surface area contributed by atoms with Gasteiger partial charge in [-0.2, -0.15) is 0 Å². The molecule has 0 aliphatic heterocycles. The lowest BCUT2D eigenvalue weighted by Crippen LogP contribution is -2.61. The number of rotatable bonds is 11. The highest BCUT2D eigenvalue weighted by Gasteiger charge is 2.42. The number of nitrogens with one attached hydrogen (secondary N) is 2. The predicted molar refractivity (Wildman–Crippen MR) is 150 cm³/mol. The summed E-state index contributed by atoms with van der Waals surface area (Å²) in [6, 6.07) is 6.35. The zero-order valence-electron chi connectivity index (χ0n) is 25.0. The first kappa shape index (κ1) is 32.4. The van der Waals surface area contributed by atoms with E-state index in [9.17, 15) is 14.4 Å². The first-order valence-electron chi connectivity index (χ1n) is 13.2. The number of carbonyl (C=O) groups excluding carboxylic acids is 3. The molecule has 3 atom stereocenters. The van der Waals surface area contributed by atoms with Crippen LogP contribution in [0.2, 0.25) is 0 Å². The molecular weight excluding hydrogens is 466 g/mol. The average Bonchev–Trinajstić information content (AvgIpc) is 2.79. The van der Waals surface area contributed by atoms with Crippen LogP contribution in [-0.2, 0) is 24.5 Å². The maximum Gasteiger partial charge on any atom is 0.333 e. The van der Waals surface area contributed by atoms with E-state index in [1.807, 2.05) is 79.7 Å². The summed E-state index contributed by atoms with van der Waals surface area (Å²) in [5.41, 5.74) is 1.55. The van der Waals surface area contributed by atoms with Gasteiger partial charge in [-0.3, -0.25) is 9.59 Å². The number of hydrogen-bond acceptors (Lipinski definition) is 5. The summed E-state index contributed by atoms with van der Waals surface area (Å²) < 4.78 is 5.12. The molecule has 0 saturated carbocycles. The fraction of sp³-hybridized carbons (Fsp3) is 0.633. The highest BCUT2D eigenvalue weighted by molar-refractivity contribution is 5.92. The third kappa shape index (κ3) is 8.16. The maximum atomic E-state index is 13.9. The quantitative estimate of drug-likeness (QED) is 0.337. The lowest BCUT2D eigenvalue weighted by molar-refractivity contribution is -0.141. The Kier molecular flexibility index (Phi) is 11.6. The third-order valence-corrected chi connectivity index (χ3v) is 7.01. The molecule has 0 saturated heterocycles. The minimum atomic E-state index is -0.772. The number of amides is 2. The molecule has 7 nitrogen and oxygen atoms in total. The van der Waals surface area contributed by atoms with Crippen LogP contribution < -0.4 is 10.6 Å². The molecule has 0 spiro atoms. The van der Waals surface area contributed by atoms with Crippen molar-refractivity contribution in [3.63, 3.8) is 0 Å². The number of ether oxygens (including phenoxy) is 1. The summed E-state index contributed by atoms with van der Waals surface area (Å²) in [6.07, 6.45) is 1.78. The SMILES string of the molecule is CCOC(=O)C(C)=C[C@H](C(C)C)N(C)C(=O)[C@@H](NC(=O)[C@H](NC)C(C)(C)c1ccccc1C)C(C)(C)C. The van der Waals surface area contributed by atoms with Gasteiger partial charge in [0.1, 0.15) is 6.04 Å². The van der Waals surface area contributed by atoms with Gasteiger partial charge in [0.15, 0.2) is 0 Å². The Bertz CT molecular complexity index is 975. The molecule has 1 rings (SSSR count). The molecule has 0 bridgehead atoms. The third-order valence-electron chi connectivity index (χ3n) is 7.01. The fourth-order valence-corrected chi connectivity index (χ4v) is 4.82. The van der Waals surface area contributed by atoms with Crippen LogP contribution in [0.4, 0.5) is 0 Å². The van der Waals surface area contributed by atoms with Gasteiger partial charge < -0.3 is 20.3 Å². The van der Waals surface area contributed by atoms with Gasteiger partial charge in [-0.15, -0.1) is 0 Å². The molecule has 2 amide bonds. The smallest absolute Gasteiger partial charge is 0.333 e. The number of aryl methyl sites for hydroxylation is 1.